The van der Waals surface area contributed by atoms with Crippen LogP contribution in [0.25, 0.3) is 0 Å². The number of rotatable bonds is 4. The van der Waals surface area contributed by atoms with Gasteiger partial charge in [0, 0.05) is 24.0 Å². The molecule has 2 aromatic rings. The second-order valence-electron chi connectivity index (χ2n) is 4.88. The summed E-state index contributed by atoms with van der Waals surface area (Å²) in [4.78, 5) is 24.1. The third-order valence-corrected chi connectivity index (χ3v) is 4.67. The van der Waals surface area contributed by atoms with Gasteiger partial charge in [0.15, 0.2) is 10.9 Å². The number of hydrogen-bond donors (Lipinski definition) is 0. The molecule has 1 aliphatic rings. The molecule has 0 radical (unpaired) electrons. The van der Waals surface area contributed by atoms with E-state index in [0.29, 0.717) is 12.1 Å². The fraction of sp³-hybridized carbons (Fsp3) is 0.400. The summed E-state index contributed by atoms with van der Waals surface area (Å²) in [6.07, 6.45) is 4.39. The topological polar surface area (TPSA) is 46.1 Å². The van der Waals surface area contributed by atoms with Gasteiger partial charge in [0.05, 0.1) is 12.2 Å². The van der Waals surface area contributed by atoms with Gasteiger partial charge in [0.2, 0.25) is 0 Å². The van der Waals surface area contributed by atoms with E-state index in [2.05, 4.69) is 21.8 Å². The van der Waals surface area contributed by atoms with Crippen LogP contribution < -0.4 is 4.90 Å². The van der Waals surface area contributed by atoms with Gasteiger partial charge in [0.25, 0.3) is 0 Å². The molecule has 0 N–H and O–H groups in total. The van der Waals surface area contributed by atoms with Crippen molar-refractivity contribution < 1.29 is 4.79 Å². The first-order chi connectivity index (χ1) is 9.78. The monoisotopic (exact) mass is 287 g/mol. The van der Waals surface area contributed by atoms with Gasteiger partial charge in [-0.05, 0) is 31.9 Å². The van der Waals surface area contributed by atoms with E-state index < -0.39 is 0 Å². The standard InChI is InChI=1S/C15H17N3OS/c1-2-18(10-11-6-3-4-9-16-11)15-17-14-12(19)7-5-8-13(14)20-15/h3-4,6,9H,2,5,7-8,10H2,1H3. The van der Waals surface area contributed by atoms with E-state index >= 15 is 0 Å². The lowest BCUT2D eigenvalue weighted by Crippen LogP contribution is -2.22. The van der Waals surface area contributed by atoms with Crippen LogP contribution in [-0.4, -0.2) is 22.3 Å². The van der Waals surface area contributed by atoms with Gasteiger partial charge in [-0.2, -0.15) is 0 Å². The average Bonchev–Trinajstić information content (AvgIpc) is 2.91. The van der Waals surface area contributed by atoms with Crippen molar-refractivity contribution in [1.29, 1.82) is 0 Å². The minimum absolute atomic E-state index is 0.197. The second-order valence-corrected chi connectivity index (χ2v) is 5.94. The second kappa shape index (κ2) is 5.71. The number of carbonyl (C=O) groups is 1. The molecule has 1 aliphatic carbocycles. The summed E-state index contributed by atoms with van der Waals surface area (Å²) in [6, 6.07) is 5.93. The van der Waals surface area contributed by atoms with E-state index in [-0.39, 0.29) is 5.78 Å². The third-order valence-electron chi connectivity index (χ3n) is 3.49. The first kappa shape index (κ1) is 13.2. The minimum Gasteiger partial charge on any atom is -0.342 e. The minimum atomic E-state index is 0.197. The lowest BCUT2D eigenvalue weighted by molar-refractivity contribution is 0.0968. The Morgan fingerprint density at radius 3 is 2.95 bits per heavy atom. The Labute approximate surface area is 122 Å². The fourth-order valence-corrected chi connectivity index (χ4v) is 3.57. The van der Waals surface area contributed by atoms with Crippen LogP contribution in [0.1, 0.15) is 40.8 Å². The summed E-state index contributed by atoms with van der Waals surface area (Å²) in [7, 11) is 0. The van der Waals surface area contributed by atoms with E-state index in [0.717, 1.165) is 41.6 Å². The number of nitrogens with zero attached hydrogens (tertiary/aromatic N) is 3. The van der Waals surface area contributed by atoms with Crippen molar-refractivity contribution in [3.05, 3.63) is 40.7 Å². The van der Waals surface area contributed by atoms with Crippen LogP contribution in [0.3, 0.4) is 0 Å². The molecule has 2 aromatic heterocycles. The van der Waals surface area contributed by atoms with Crippen LogP contribution in [0.4, 0.5) is 5.13 Å². The van der Waals surface area contributed by atoms with Crippen molar-refractivity contribution in [3.63, 3.8) is 0 Å². The highest BCUT2D eigenvalue weighted by Gasteiger charge is 2.24. The smallest absolute Gasteiger partial charge is 0.186 e. The average molecular weight is 287 g/mol. The number of carbonyl (C=O) groups excluding carboxylic acids is 1. The molecule has 0 saturated heterocycles. The summed E-state index contributed by atoms with van der Waals surface area (Å²) < 4.78 is 0. The molecule has 0 spiro atoms. The van der Waals surface area contributed by atoms with Crippen LogP contribution >= 0.6 is 11.3 Å². The zero-order chi connectivity index (χ0) is 13.9. The highest BCUT2D eigenvalue weighted by molar-refractivity contribution is 7.16. The van der Waals surface area contributed by atoms with Gasteiger partial charge in [-0.3, -0.25) is 9.78 Å². The molecule has 0 unspecified atom stereocenters. The Kier molecular flexibility index (Phi) is 3.78. The van der Waals surface area contributed by atoms with E-state index in [1.807, 2.05) is 18.2 Å². The predicted molar refractivity (Wildman–Crippen MR) is 80.3 cm³/mol. The Hall–Kier alpha value is -1.75. The van der Waals surface area contributed by atoms with Crippen molar-refractivity contribution >= 4 is 22.3 Å². The van der Waals surface area contributed by atoms with Crippen molar-refractivity contribution in [2.75, 3.05) is 11.4 Å². The maximum absolute atomic E-state index is 11.9. The molecule has 2 heterocycles. The molecule has 0 amide bonds. The molecular formula is C15H17N3OS. The van der Waals surface area contributed by atoms with E-state index in [4.69, 9.17) is 0 Å². The summed E-state index contributed by atoms with van der Waals surface area (Å²) in [5.74, 6) is 0.197. The Morgan fingerprint density at radius 1 is 1.35 bits per heavy atom. The summed E-state index contributed by atoms with van der Waals surface area (Å²) >= 11 is 1.66. The van der Waals surface area contributed by atoms with Crippen molar-refractivity contribution in [2.24, 2.45) is 0 Å². The third kappa shape index (κ3) is 2.58. The molecular weight excluding hydrogens is 270 g/mol. The number of Topliss-reactive ketones (excluding diaryl/α,β-unsaturated/α-hetero) is 1. The zero-order valence-electron chi connectivity index (χ0n) is 11.5. The normalized spacial score (nSPS) is 14.2. The number of pyridine rings is 1. The van der Waals surface area contributed by atoms with Crippen molar-refractivity contribution in [2.45, 2.75) is 32.7 Å². The molecule has 0 aliphatic heterocycles. The number of aryl methyl sites for hydroxylation is 1. The predicted octanol–water partition coefficient (Wildman–Crippen LogP) is 3.08. The van der Waals surface area contributed by atoms with Crippen LogP contribution in [-0.2, 0) is 13.0 Å². The molecule has 5 heteroatoms. The van der Waals surface area contributed by atoms with Gasteiger partial charge >= 0.3 is 0 Å². The van der Waals surface area contributed by atoms with Gasteiger partial charge in [-0.15, -0.1) is 11.3 Å². The number of thiazole rings is 1. The maximum atomic E-state index is 11.9. The summed E-state index contributed by atoms with van der Waals surface area (Å²) in [5.41, 5.74) is 1.73. The first-order valence-electron chi connectivity index (χ1n) is 6.95. The SMILES string of the molecule is CCN(Cc1ccccn1)c1nc2c(s1)CCCC2=O. The number of ketones is 1. The quantitative estimate of drug-likeness (QED) is 0.867. The fourth-order valence-electron chi connectivity index (χ4n) is 2.39. The number of anilines is 1. The number of aromatic nitrogens is 2. The largest absolute Gasteiger partial charge is 0.342 e. The van der Waals surface area contributed by atoms with Gasteiger partial charge in [-0.25, -0.2) is 4.98 Å². The zero-order valence-corrected chi connectivity index (χ0v) is 12.3. The first-order valence-corrected chi connectivity index (χ1v) is 7.77. The molecule has 0 atom stereocenters. The Bertz CT molecular complexity index is 609. The van der Waals surface area contributed by atoms with Gasteiger partial charge in [-0.1, -0.05) is 6.07 Å². The van der Waals surface area contributed by atoms with Crippen molar-refractivity contribution in [1.82, 2.24) is 9.97 Å². The van der Waals surface area contributed by atoms with Gasteiger partial charge in [0.1, 0.15) is 5.69 Å². The van der Waals surface area contributed by atoms with Crippen LogP contribution in [0.5, 0.6) is 0 Å². The number of hydrogen-bond acceptors (Lipinski definition) is 5. The van der Waals surface area contributed by atoms with Crippen LogP contribution in [0.15, 0.2) is 24.4 Å². The molecule has 4 nitrogen and oxygen atoms in total. The Balaban J connectivity index is 1.85. The van der Waals surface area contributed by atoms with E-state index in [1.54, 1.807) is 17.5 Å². The highest BCUT2D eigenvalue weighted by Crippen LogP contribution is 2.32. The van der Waals surface area contributed by atoms with Gasteiger partial charge < -0.3 is 4.90 Å². The molecule has 104 valence electrons. The van der Waals surface area contributed by atoms with E-state index in [9.17, 15) is 4.79 Å². The molecule has 0 fully saturated rings. The van der Waals surface area contributed by atoms with E-state index in [1.165, 1.54) is 0 Å². The maximum Gasteiger partial charge on any atom is 0.186 e. The lowest BCUT2D eigenvalue weighted by Gasteiger charge is -2.19. The molecule has 0 saturated carbocycles. The summed E-state index contributed by atoms with van der Waals surface area (Å²) in [5, 5.41) is 0.943. The highest BCUT2D eigenvalue weighted by atomic mass is 32.1. The van der Waals surface area contributed by atoms with Crippen molar-refractivity contribution in [3.8, 4) is 0 Å². The molecule has 3 rings (SSSR count). The lowest BCUT2D eigenvalue weighted by atomic mass is 10.0. The molecule has 20 heavy (non-hydrogen) atoms. The molecule has 0 aromatic carbocycles. The van der Waals surface area contributed by atoms with Crippen LogP contribution in [0.2, 0.25) is 0 Å². The molecule has 0 bridgehead atoms. The summed E-state index contributed by atoms with van der Waals surface area (Å²) in [6.45, 7) is 3.69. The Morgan fingerprint density at radius 2 is 2.25 bits per heavy atom. The number of fused-ring (bicyclic) bond motifs is 1. The van der Waals surface area contributed by atoms with Crippen LogP contribution in [0, 0.1) is 0 Å².